The smallest absolute Gasteiger partial charge is 0.213 e. The van der Waals surface area contributed by atoms with Crippen LogP contribution < -0.4 is 9.80 Å². The summed E-state index contributed by atoms with van der Waals surface area (Å²) < 4.78 is 3.79. The number of anilines is 2. The van der Waals surface area contributed by atoms with Gasteiger partial charge in [0.15, 0.2) is 5.82 Å². The molecule has 7 nitrogen and oxygen atoms in total. The fraction of sp³-hybridized carbons (Fsp3) is 0.114. The summed E-state index contributed by atoms with van der Waals surface area (Å²) >= 11 is 7.32. The molecule has 4 aromatic carbocycles. The van der Waals surface area contributed by atoms with Gasteiger partial charge in [-0.15, -0.1) is 0 Å². The molecule has 2 aliphatic rings. The van der Waals surface area contributed by atoms with Crippen LogP contribution in [0.5, 0.6) is 0 Å². The van der Waals surface area contributed by atoms with Gasteiger partial charge >= 0.3 is 0 Å². The maximum absolute atomic E-state index is 7.32. The summed E-state index contributed by atoms with van der Waals surface area (Å²) in [6.07, 6.45) is 0. The van der Waals surface area contributed by atoms with E-state index < -0.39 is 0 Å². The first-order chi connectivity index (χ1) is 21.1. The Kier molecular flexibility index (Phi) is 5.94. The van der Waals surface area contributed by atoms with Crippen LogP contribution in [-0.4, -0.2) is 25.5 Å². The zero-order valence-corrected chi connectivity index (χ0v) is 24.5. The molecule has 6 aromatic rings. The molecule has 8 rings (SSSR count). The molecule has 0 radical (unpaired) electrons. The van der Waals surface area contributed by atoms with Crippen LogP contribution in [0, 0.1) is 13.8 Å². The van der Waals surface area contributed by atoms with E-state index in [0.717, 1.165) is 57.0 Å². The summed E-state index contributed by atoms with van der Waals surface area (Å²) in [5, 5.41) is 10.6. The molecule has 210 valence electrons. The van der Waals surface area contributed by atoms with Crippen molar-refractivity contribution in [2.24, 2.45) is 4.99 Å². The van der Waals surface area contributed by atoms with Gasteiger partial charge in [-0.3, -0.25) is 4.90 Å². The predicted octanol–water partition coefficient (Wildman–Crippen LogP) is 7.95. The molecule has 0 saturated heterocycles. The lowest BCUT2D eigenvalue weighted by atomic mass is 9.95. The third-order valence-corrected chi connectivity index (χ3v) is 8.58. The second-order valence-corrected chi connectivity index (χ2v) is 11.2. The largest absolute Gasteiger partial charge is 0.305 e. The molecule has 0 N–H and O–H groups in total. The molecule has 4 heterocycles. The van der Waals surface area contributed by atoms with E-state index in [0.29, 0.717) is 11.7 Å². The summed E-state index contributed by atoms with van der Waals surface area (Å²) in [5.74, 6) is 1.64. The highest BCUT2D eigenvalue weighted by atomic mass is 35.5. The lowest BCUT2D eigenvalue weighted by Crippen LogP contribution is -2.43. The summed E-state index contributed by atoms with van der Waals surface area (Å²) in [6, 6.07) is 38.9. The minimum Gasteiger partial charge on any atom is -0.305 e. The van der Waals surface area contributed by atoms with Crippen molar-refractivity contribution >= 4 is 34.8 Å². The zero-order chi connectivity index (χ0) is 29.1. The summed E-state index contributed by atoms with van der Waals surface area (Å²) in [5.41, 5.74) is 8.94. The average molecular weight is 582 g/mol. The highest BCUT2D eigenvalue weighted by molar-refractivity contribution is 6.31. The standard InChI is InChI=1S/C35H28ClN7/c1-23-30(33(36)42(38-23)26-16-8-4-9-17-26)32-31-24(2)39-43(27-18-10-5-11-19-27)34(31)37-35-40(22-25-14-6-3-7-15-25)28-20-12-13-21-29(28)41(32)35/h3-21,32H,22H2,1-2H3/t32-/m0/s1. The number of fused-ring (bicyclic) bond motifs is 4. The van der Waals surface area contributed by atoms with E-state index in [1.807, 2.05) is 70.9 Å². The third kappa shape index (κ3) is 4.00. The second-order valence-electron chi connectivity index (χ2n) is 10.9. The number of hydrogen-bond acceptors (Lipinski definition) is 5. The first kappa shape index (κ1) is 25.6. The van der Waals surface area contributed by atoms with Gasteiger partial charge in [0.25, 0.3) is 0 Å². The van der Waals surface area contributed by atoms with Gasteiger partial charge in [-0.1, -0.05) is 90.5 Å². The average Bonchev–Trinajstić information content (AvgIpc) is 3.66. The summed E-state index contributed by atoms with van der Waals surface area (Å²) in [4.78, 5) is 10.0. The Labute approximate surface area is 254 Å². The summed E-state index contributed by atoms with van der Waals surface area (Å²) in [7, 11) is 0. The third-order valence-electron chi connectivity index (χ3n) is 8.21. The van der Waals surface area contributed by atoms with Crippen LogP contribution in [0.4, 0.5) is 17.2 Å². The quantitative estimate of drug-likeness (QED) is 0.207. The van der Waals surface area contributed by atoms with Gasteiger partial charge in [0, 0.05) is 11.1 Å². The molecule has 0 saturated carbocycles. The van der Waals surface area contributed by atoms with Gasteiger partial charge in [0.1, 0.15) is 5.15 Å². The van der Waals surface area contributed by atoms with E-state index >= 15 is 0 Å². The molecular weight excluding hydrogens is 554 g/mol. The van der Waals surface area contributed by atoms with E-state index in [4.69, 9.17) is 26.8 Å². The second kappa shape index (κ2) is 10.00. The predicted molar refractivity (Wildman–Crippen MR) is 172 cm³/mol. The molecule has 2 aliphatic heterocycles. The molecule has 0 unspecified atom stereocenters. The van der Waals surface area contributed by atoms with Gasteiger partial charge in [-0.2, -0.15) is 15.2 Å². The van der Waals surface area contributed by atoms with Gasteiger partial charge < -0.3 is 4.90 Å². The Morgan fingerprint density at radius 1 is 0.628 bits per heavy atom. The number of halogens is 1. The first-order valence-electron chi connectivity index (χ1n) is 14.3. The minimum atomic E-state index is -0.299. The van der Waals surface area contributed by atoms with Crippen LogP contribution in [0.2, 0.25) is 5.15 Å². The van der Waals surface area contributed by atoms with E-state index in [-0.39, 0.29) is 6.04 Å². The van der Waals surface area contributed by atoms with Gasteiger partial charge in [-0.05, 0) is 55.8 Å². The molecule has 0 aliphatic carbocycles. The maximum atomic E-state index is 7.32. The van der Waals surface area contributed by atoms with Crippen LogP contribution in [0.25, 0.3) is 11.4 Å². The molecular formula is C35H28ClN7. The molecule has 43 heavy (non-hydrogen) atoms. The van der Waals surface area contributed by atoms with Crippen LogP contribution in [0.15, 0.2) is 120 Å². The number of aryl methyl sites for hydroxylation is 2. The Morgan fingerprint density at radius 3 is 1.84 bits per heavy atom. The number of aromatic nitrogens is 4. The van der Waals surface area contributed by atoms with Crippen molar-refractivity contribution in [3.05, 3.63) is 148 Å². The molecule has 2 aromatic heterocycles. The van der Waals surface area contributed by atoms with Gasteiger partial charge in [-0.25, -0.2) is 9.36 Å². The molecule has 0 amide bonds. The van der Waals surface area contributed by atoms with Crippen LogP contribution in [-0.2, 0) is 6.54 Å². The SMILES string of the molecule is Cc1nn(-c2ccccc2)c(Cl)c1[C@H]1c2c(C)nn(-c3ccccc3)c2N=C2N(Cc3ccccc3)c3ccccc3N21. The van der Waals surface area contributed by atoms with E-state index in [1.54, 1.807) is 0 Å². The van der Waals surface area contributed by atoms with Crippen molar-refractivity contribution in [3.63, 3.8) is 0 Å². The van der Waals surface area contributed by atoms with Crippen molar-refractivity contribution in [3.8, 4) is 11.4 Å². The molecule has 8 heteroatoms. The number of nitrogens with zero attached hydrogens (tertiary/aromatic N) is 7. The zero-order valence-electron chi connectivity index (χ0n) is 23.8. The Bertz CT molecular complexity index is 1990. The van der Waals surface area contributed by atoms with Gasteiger partial charge in [0.05, 0.1) is 46.7 Å². The van der Waals surface area contributed by atoms with Crippen LogP contribution >= 0.6 is 11.6 Å². The summed E-state index contributed by atoms with van der Waals surface area (Å²) in [6.45, 7) is 4.76. The lowest BCUT2D eigenvalue weighted by molar-refractivity contribution is 0.805. The number of benzene rings is 4. The van der Waals surface area contributed by atoms with Crippen molar-refractivity contribution in [1.82, 2.24) is 19.6 Å². The van der Waals surface area contributed by atoms with Gasteiger partial charge in [0.2, 0.25) is 5.96 Å². The molecule has 0 bridgehead atoms. The minimum absolute atomic E-state index is 0.299. The number of para-hydroxylation sites is 4. The number of hydrogen-bond donors (Lipinski definition) is 0. The van der Waals surface area contributed by atoms with E-state index in [9.17, 15) is 0 Å². The number of rotatable bonds is 5. The molecule has 1 atom stereocenters. The lowest BCUT2D eigenvalue weighted by Gasteiger charge is -2.35. The fourth-order valence-corrected chi connectivity index (χ4v) is 6.67. The highest BCUT2D eigenvalue weighted by Gasteiger charge is 2.46. The molecule has 0 spiro atoms. The highest BCUT2D eigenvalue weighted by Crippen LogP contribution is 2.52. The van der Waals surface area contributed by atoms with Crippen molar-refractivity contribution in [1.29, 1.82) is 0 Å². The number of aliphatic imine (C=N–C) groups is 1. The van der Waals surface area contributed by atoms with Crippen LogP contribution in [0.1, 0.15) is 34.1 Å². The van der Waals surface area contributed by atoms with Crippen molar-refractivity contribution in [2.75, 3.05) is 9.80 Å². The van der Waals surface area contributed by atoms with E-state index in [1.165, 1.54) is 5.56 Å². The van der Waals surface area contributed by atoms with Crippen molar-refractivity contribution in [2.45, 2.75) is 26.4 Å². The fourth-order valence-electron chi connectivity index (χ4n) is 6.30. The molecule has 0 fully saturated rings. The Hall–Kier alpha value is -5.14. The Morgan fingerprint density at radius 2 is 1.16 bits per heavy atom. The van der Waals surface area contributed by atoms with E-state index in [2.05, 4.69) is 77.4 Å². The van der Waals surface area contributed by atoms with Crippen molar-refractivity contribution < 1.29 is 0 Å². The first-order valence-corrected chi connectivity index (χ1v) is 14.7. The Balaban J connectivity index is 1.40. The topological polar surface area (TPSA) is 54.5 Å². The normalized spacial score (nSPS) is 15.2. The number of guanidine groups is 1. The monoisotopic (exact) mass is 581 g/mol. The van der Waals surface area contributed by atoms with Crippen LogP contribution in [0.3, 0.4) is 0 Å². The maximum Gasteiger partial charge on any atom is 0.213 e.